The zero-order valence-corrected chi connectivity index (χ0v) is 21.6. The number of ether oxygens (including phenoxy) is 3. The summed E-state index contributed by atoms with van der Waals surface area (Å²) in [6.45, 7) is 6.88. The molecule has 1 fully saturated rings. The van der Waals surface area contributed by atoms with Crippen molar-refractivity contribution in [2.24, 2.45) is 0 Å². The van der Waals surface area contributed by atoms with E-state index in [0.29, 0.717) is 18.8 Å². The standard InChI is InChI=1S/C27H35N3O6/c1-27(2,3)36-26(33)30-17-8-6-10-21(30)18-28-19-12-14-20(15-13-19)29-16-9-7-11-22(24(31)34-4)23(29)25(32)35-5/h7,9,11-16,21,28H,6,8,10,17-18H2,1-5H3. The van der Waals surface area contributed by atoms with Gasteiger partial charge in [-0.3, -0.25) is 0 Å². The Hall–Kier alpha value is -3.75. The monoisotopic (exact) mass is 497 g/mol. The molecule has 0 bridgehead atoms. The van der Waals surface area contributed by atoms with E-state index >= 15 is 0 Å². The topological polar surface area (TPSA) is 97.4 Å². The second-order valence-corrected chi connectivity index (χ2v) is 9.57. The number of allylic oxidation sites excluding steroid dienone is 2. The van der Waals surface area contributed by atoms with Gasteiger partial charge in [0.15, 0.2) is 0 Å². The smallest absolute Gasteiger partial charge is 0.410 e. The van der Waals surface area contributed by atoms with Crippen LogP contribution >= 0.6 is 0 Å². The minimum absolute atomic E-state index is 0.0318. The molecule has 1 unspecified atom stereocenters. The molecule has 2 aliphatic rings. The maximum absolute atomic E-state index is 12.7. The van der Waals surface area contributed by atoms with Gasteiger partial charge in [-0.15, -0.1) is 0 Å². The zero-order chi connectivity index (χ0) is 26.3. The lowest BCUT2D eigenvalue weighted by Crippen LogP contribution is -2.48. The quantitative estimate of drug-likeness (QED) is 0.457. The van der Waals surface area contributed by atoms with Crippen molar-refractivity contribution < 1.29 is 28.6 Å². The summed E-state index contributed by atoms with van der Waals surface area (Å²) in [6, 6.07) is 7.47. The summed E-state index contributed by atoms with van der Waals surface area (Å²) < 4.78 is 15.4. The first-order valence-corrected chi connectivity index (χ1v) is 12.0. The predicted molar refractivity (Wildman–Crippen MR) is 137 cm³/mol. The van der Waals surface area contributed by atoms with Crippen molar-refractivity contribution in [3.63, 3.8) is 0 Å². The second-order valence-electron chi connectivity index (χ2n) is 9.57. The van der Waals surface area contributed by atoms with Crippen LogP contribution in [0.5, 0.6) is 0 Å². The SMILES string of the molecule is COC(=O)C1=C(C(=O)OC)N(c2ccc(NCC3CCCCN3C(=O)OC(C)(C)C)cc2)C=CC=C1. The molecule has 0 saturated carbocycles. The fourth-order valence-electron chi connectivity index (χ4n) is 4.11. The number of piperidine rings is 1. The highest BCUT2D eigenvalue weighted by molar-refractivity contribution is 6.05. The van der Waals surface area contributed by atoms with Gasteiger partial charge in [0, 0.05) is 30.7 Å². The molecule has 2 aliphatic heterocycles. The van der Waals surface area contributed by atoms with Crippen molar-refractivity contribution in [1.29, 1.82) is 0 Å². The number of nitrogens with one attached hydrogen (secondary N) is 1. The zero-order valence-electron chi connectivity index (χ0n) is 21.6. The molecule has 2 heterocycles. The van der Waals surface area contributed by atoms with E-state index in [9.17, 15) is 14.4 Å². The van der Waals surface area contributed by atoms with Gasteiger partial charge in [0.05, 0.1) is 25.8 Å². The third-order valence-electron chi connectivity index (χ3n) is 5.83. The van der Waals surface area contributed by atoms with Gasteiger partial charge in [-0.1, -0.05) is 6.08 Å². The lowest BCUT2D eigenvalue weighted by Gasteiger charge is -2.37. The lowest BCUT2D eigenvalue weighted by atomic mass is 10.0. The highest BCUT2D eigenvalue weighted by Crippen LogP contribution is 2.28. The van der Waals surface area contributed by atoms with E-state index in [0.717, 1.165) is 24.9 Å². The first kappa shape index (κ1) is 26.8. The van der Waals surface area contributed by atoms with Crippen LogP contribution in [0.4, 0.5) is 16.2 Å². The van der Waals surface area contributed by atoms with Crippen molar-refractivity contribution >= 4 is 29.4 Å². The Morgan fingerprint density at radius 2 is 1.69 bits per heavy atom. The minimum Gasteiger partial charge on any atom is -0.465 e. The Bertz CT molecular complexity index is 1050. The molecule has 194 valence electrons. The van der Waals surface area contributed by atoms with Crippen LogP contribution in [0.1, 0.15) is 40.0 Å². The summed E-state index contributed by atoms with van der Waals surface area (Å²) in [5.74, 6) is -1.30. The van der Waals surface area contributed by atoms with E-state index < -0.39 is 17.5 Å². The van der Waals surface area contributed by atoms with Gasteiger partial charge in [0.25, 0.3) is 0 Å². The summed E-state index contributed by atoms with van der Waals surface area (Å²) in [7, 11) is 2.52. The molecule has 1 amide bonds. The molecule has 1 N–H and O–H groups in total. The second kappa shape index (κ2) is 11.8. The van der Waals surface area contributed by atoms with Crippen LogP contribution in [-0.4, -0.2) is 61.9 Å². The first-order chi connectivity index (χ1) is 17.1. The normalized spacial score (nSPS) is 18.0. The molecular weight excluding hydrogens is 462 g/mol. The van der Waals surface area contributed by atoms with Gasteiger partial charge in [-0.2, -0.15) is 0 Å². The number of carbonyl (C=O) groups is 3. The van der Waals surface area contributed by atoms with Gasteiger partial charge in [0.2, 0.25) is 0 Å². The molecule has 36 heavy (non-hydrogen) atoms. The Morgan fingerprint density at radius 3 is 2.33 bits per heavy atom. The van der Waals surface area contributed by atoms with E-state index in [1.165, 1.54) is 20.3 Å². The molecule has 9 nitrogen and oxygen atoms in total. The van der Waals surface area contributed by atoms with E-state index in [1.807, 2.05) is 49.9 Å². The molecule has 0 aliphatic carbocycles. The maximum atomic E-state index is 12.7. The molecule has 0 radical (unpaired) electrons. The summed E-state index contributed by atoms with van der Waals surface area (Å²) >= 11 is 0. The van der Waals surface area contributed by atoms with Gasteiger partial charge >= 0.3 is 18.0 Å². The van der Waals surface area contributed by atoms with Gasteiger partial charge in [-0.25, -0.2) is 14.4 Å². The molecule has 1 aromatic rings. The van der Waals surface area contributed by atoms with Crippen LogP contribution in [0.15, 0.2) is 60.0 Å². The molecule has 1 saturated heterocycles. The number of esters is 2. The highest BCUT2D eigenvalue weighted by atomic mass is 16.6. The average Bonchev–Trinajstić information content (AvgIpc) is 3.09. The van der Waals surface area contributed by atoms with Crippen molar-refractivity contribution in [1.82, 2.24) is 4.90 Å². The number of carbonyl (C=O) groups excluding carboxylic acids is 3. The Labute approximate surface area is 212 Å². The largest absolute Gasteiger partial charge is 0.465 e. The van der Waals surface area contributed by atoms with Crippen LogP contribution in [0.2, 0.25) is 0 Å². The number of methoxy groups -OCH3 is 2. The Balaban J connectivity index is 1.75. The van der Waals surface area contributed by atoms with Crippen molar-refractivity contribution in [3.05, 3.63) is 60.0 Å². The van der Waals surface area contributed by atoms with Gasteiger partial charge in [0.1, 0.15) is 11.3 Å². The van der Waals surface area contributed by atoms with E-state index in [4.69, 9.17) is 14.2 Å². The van der Waals surface area contributed by atoms with Crippen LogP contribution < -0.4 is 10.2 Å². The fraction of sp³-hybridized carbons (Fsp3) is 0.444. The number of rotatable bonds is 6. The molecular formula is C27H35N3O6. The molecule has 1 atom stereocenters. The van der Waals surface area contributed by atoms with E-state index in [2.05, 4.69) is 5.32 Å². The molecule has 9 heteroatoms. The highest BCUT2D eigenvalue weighted by Gasteiger charge is 2.30. The minimum atomic E-state index is -0.659. The summed E-state index contributed by atoms with van der Waals surface area (Å²) in [4.78, 5) is 41.0. The first-order valence-electron chi connectivity index (χ1n) is 12.0. The Kier molecular flexibility index (Phi) is 8.79. The average molecular weight is 498 g/mol. The van der Waals surface area contributed by atoms with Crippen LogP contribution in [-0.2, 0) is 23.8 Å². The van der Waals surface area contributed by atoms with Gasteiger partial charge < -0.3 is 29.3 Å². The van der Waals surface area contributed by atoms with Crippen molar-refractivity contribution in [2.45, 2.75) is 51.7 Å². The van der Waals surface area contributed by atoms with Crippen molar-refractivity contribution in [3.8, 4) is 0 Å². The van der Waals surface area contributed by atoms with Crippen molar-refractivity contribution in [2.75, 3.05) is 37.5 Å². The third-order valence-corrected chi connectivity index (χ3v) is 5.83. The predicted octanol–water partition coefficient (Wildman–Crippen LogP) is 4.38. The fourth-order valence-corrected chi connectivity index (χ4v) is 4.11. The van der Waals surface area contributed by atoms with Crippen LogP contribution in [0.3, 0.4) is 0 Å². The summed E-state index contributed by atoms with van der Waals surface area (Å²) in [6.07, 6.45) is 9.23. The summed E-state index contributed by atoms with van der Waals surface area (Å²) in [5.41, 5.74) is 1.14. The number of anilines is 2. The molecule has 1 aromatic carbocycles. The van der Waals surface area contributed by atoms with Crippen LogP contribution in [0, 0.1) is 0 Å². The number of nitrogens with zero attached hydrogens (tertiary/aromatic N) is 2. The summed E-state index contributed by atoms with van der Waals surface area (Å²) in [5, 5.41) is 3.41. The van der Waals surface area contributed by atoms with E-state index in [1.54, 1.807) is 23.3 Å². The number of hydrogen-bond acceptors (Lipinski definition) is 8. The van der Waals surface area contributed by atoms with Crippen LogP contribution in [0.25, 0.3) is 0 Å². The van der Waals surface area contributed by atoms with Gasteiger partial charge in [-0.05, 0) is 76.5 Å². The maximum Gasteiger partial charge on any atom is 0.410 e. The van der Waals surface area contributed by atoms with E-state index in [-0.39, 0.29) is 23.4 Å². The lowest BCUT2D eigenvalue weighted by molar-refractivity contribution is -0.139. The molecule has 0 aromatic heterocycles. The molecule has 0 spiro atoms. The Morgan fingerprint density at radius 1 is 1.00 bits per heavy atom. The third kappa shape index (κ3) is 6.68. The number of hydrogen-bond donors (Lipinski definition) is 1. The molecule has 3 rings (SSSR count). The number of amides is 1. The number of benzene rings is 1. The number of likely N-dealkylation sites (tertiary alicyclic amines) is 1.